The van der Waals surface area contributed by atoms with Crippen molar-refractivity contribution in [2.45, 2.75) is 4.90 Å². The molecule has 0 spiro atoms. The predicted molar refractivity (Wildman–Crippen MR) is 59.8 cm³/mol. The van der Waals surface area contributed by atoms with Crippen molar-refractivity contribution in [1.82, 2.24) is 0 Å². The van der Waals surface area contributed by atoms with Crippen LogP contribution in [0, 0.1) is 0 Å². The maximum atomic E-state index is 11.2. The van der Waals surface area contributed by atoms with E-state index >= 15 is 0 Å². The molecule has 0 atom stereocenters. The van der Waals surface area contributed by atoms with Gasteiger partial charge in [-0.3, -0.25) is 0 Å². The summed E-state index contributed by atoms with van der Waals surface area (Å²) in [4.78, 5) is -0.0608. The van der Waals surface area contributed by atoms with Gasteiger partial charge in [-0.15, -0.1) is 0 Å². The third-order valence-corrected chi connectivity index (χ3v) is 4.77. The van der Waals surface area contributed by atoms with Crippen LogP contribution in [0.2, 0.25) is 0 Å². The summed E-state index contributed by atoms with van der Waals surface area (Å²) < 4.78 is 28.3. The van der Waals surface area contributed by atoms with Gasteiger partial charge in [-0.25, -0.2) is 13.6 Å². The van der Waals surface area contributed by atoms with E-state index in [0.717, 1.165) is 0 Å². The lowest BCUT2D eigenvalue weighted by atomic mass is 10.3. The Kier molecular flexibility index (Phi) is 3.57. The van der Waals surface area contributed by atoms with Crippen LogP contribution in [0.4, 0.5) is 0 Å². The van der Waals surface area contributed by atoms with E-state index < -0.39 is 10.0 Å². The molecule has 0 amide bonds. The zero-order valence-corrected chi connectivity index (χ0v) is 11.1. The summed E-state index contributed by atoms with van der Waals surface area (Å²) in [6.07, 6.45) is 0. The highest BCUT2D eigenvalue weighted by atomic mass is 79.9. The molecule has 0 radical (unpaired) electrons. The van der Waals surface area contributed by atoms with E-state index in [1.807, 2.05) is 0 Å². The lowest BCUT2D eigenvalue weighted by molar-refractivity contribution is 0.402. The molecular formula is C7H7Br2NO3S. The number of halogens is 2. The Morgan fingerprint density at radius 3 is 2.36 bits per heavy atom. The molecule has 7 heteroatoms. The van der Waals surface area contributed by atoms with Crippen LogP contribution in [-0.4, -0.2) is 15.5 Å². The van der Waals surface area contributed by atoms with Crippen molar-refractivity contribution >= 4 is 41.9 Å². The van der Waals surface area contributed by atoms with Crippen molar-refractivity contribution in [3.8, 4) is 5.75 Å². The quantitative estimate of drug-likeness (QED) is 0.890. The van der Waals surface area contributed by atoms with Gasteiger partial charge in [-0.05, 0) is 44.0 Å². The number of rotatable bonds is 2. The Morgan fingerprint density at radius 2 is 1.93 bits per heavy atom. The van der Waals surface area contributed by atoms with Gasteiger partial charge in [0.1, 0.15) is 10.6 Å². The Morgan fingerprint density at radius 1 is 1.36 bits per heavy atom. The van der Waals surface area contributed by atoms with E-state index in [2.05, 4.69) is 31.9 Å². The first-order valence-corrected chi connectivity index (χ1v) is 6.56. The molecule has 0 saturated carbocycles. The first kappa shape index (κ1) is 12.0. The van der Waals surface area contributed by atoms with Crippen LogP contribution in [0.5, 0.6) is 5.75 Å². The highest BCUT2D eigenvalue weighted by molar-refractivity contribution is 9.13. The first-order valence-electron chi connectivity index (χ1n) is 3.42. The summed E-state index contributed by atoms with van der Waals surface area (Å²) in [5, 5.41) is 5.04. The van der Waals surface area contributed by atoms with Crippen molar-refractivity contribution in [1.29, 1.82) is 0 Å². The average molecular weight is 345 g/mol. The minimum absolute atomic E-state index is 0.0608. The summed E-state index contributed by atoms with van der Waals surface area (Å²) in [5.41, 5.74) is 0. The van der Waals surface area contributed by atoms with Crippen LogP contribution in [0.3, 0.4) is 0 Å². The predicted octanol–water partition coefficient (Wildman–Crippen LogP) is 1.87. The van der Waals surface area contributed by atoms with Gasteiger partial charge in [0.15, 0.2) is 0 Å². The summed E-state index contributed by atoms with van der Waals surface area (Å²) in [5.74, 6) is 0.211. The molecule has 78 valence electrons. The van der Waals surface area contributed by atoms with Crippen molar-refractivity contribution in [2.75, 3.05) is 7.11 Å². The monoisotopic (exact) mass is 343 g/mol. The minimum atomic E-state index is -3.80. The van der Waals surface area contributed by atoms with Crippen LogP contribution in [0.25, 0.3) is 0 Å². The van der Waals surface area contributed by atoms with Gasteiger partial charge in [0.25, 0.3) is 0 Å². The van der Waals surface area contributed by atoms with Crippen molar-refractivity contribution in [3.63, 3.8) is 0 Å². The van der Waals surface area contributed by atoms with E-state index in [1.165, 1.54) is 13.2 Å². The van der Waals surface area contributed by atoms with Gasteiger partial charge in [0.05, 0.1) is 11.6 Å². The molecule has 0 fully saturated rings. The maximum Gasteiger partial charge on any atom is 0.242 e. The first-order chi connectivity index (χ1) is 6.38. The van der Waals surface area contributed by atoms with Gasteiger partial charge in [0.2, 0.25) is 10.0 Å². The average Bonchev–Trinajstić information content (AvgIpc) is 2.07. The smallest absolute Gasteiger partial charge is 0.242 e. The molecule has 1 rings (SSSR count). The van der Waals surface area contributed by atoms with E-state index in [9.17, 15) is 8.42 Å². The van der Waals surface area contributed by atoms with Crippen LogP contribution < -0.4 is 9.88 Å². The second-order valence-electron chi connectivity index (χ2n) is 2.44. The Hall–Kier alpha value is -0.110. The third-order valence-electron chi connectivity index (χ3n) is 1.52. The summed E-state index contributed by atoms with van der Waals surface area (Å²) in [6, 6.07) is 3.19. The number of nitrogens with two attached hydrogens (primary N) is 1. The molecular weight excluding hydrogens is 338 g/mol. The second-order valence-corrected chi connectivity index (χ2v) is 5.58. The molecule has 0 aromatic heterocycles. The highest BCUT2D eigenvalue weighted by Crippen LogP contribution is 2.35. The van der Waals surface area contributed by atoms with Crippen LogP contribution in [-0.2, 0) is 10.0 Å². The fraction of sp³-hybridized carbons (Fsp3) is 0.143. The summed E-state index contributed by atoms with van der Waals surface area (Å²) >= 11 is 6.30. The highest BCUT2D eigenvalue weighted by Gasteiger charge is 2.20. The van der Waals surface area contributed by atoms with Gasteiger partial charge in [-0.2, -0.15) is 0 Å². The lowest BCUT2D eigenvalue weighted by Gasteiger charge is -2.09. The number of primary sulfonamides is 1. The standard InChI is InChI=1S/C7H7Br2NO3S/c1-13-5-3-2-4(8)6(9)7(5)14(10,11)12/h2-3H,1H3,(H2,10,11,12). The van der Waals surface area contributed by atoms with E-state index in [4.69, 9.17) is 9.88 Å². The topological polar surface area (TPSA) is 69.4 Å². The molecule has 0 heterocycles. The molecule has 0 bridgehead atoms. The number of benzene rings is 1. The number of sulfonamides is 1. The maximum absolute atomic E-state index is 11.2. The van der Waals surface area contributed by atoms with Gasteiger partial charge >= 0.3 is 0 Å². The van der Waals surface area contributed by atoms with Crippen molar-refractivity contribution in [3.05, 3.63) is 21.1 Å². The lowest BCUT2D eigenvalue weighted by Crippen LogP contribution is -2.14. The van der Waals surface area contributed by atoms with Crippen molar-refractivity contribution < 1.29 is 13.2 Å². The SMILES string of the molecule is COc1ccc(Br)c(Br)c1S(N)(=O)=O. The normalized spacial score (nSPS) is 11.4. The zero-order valence-electron chi connectivity index (χ0n) is 7.12. The second kappa shape index (κ2) is 4.18. The zero-order chi connectivity index (χ0) is 10.9. The van der Waals surface area contributed by atoms with Gasteiger partial charge < -0.3 is 4.74 Å². The Bertz CT molecular complexity index is 458. The molecule has 0 aliphatic carbocycles. The van der Waals surface area contributed by atoms with Crippen LogP contribution in [0.1, 0.15) is 0 Å². The fourth-order valence-corrected chi connectivity index (χ4v) is 3.20. The molecule has 14 heavy (non-hydrogen) atoms. The molecule has 1 aromatic carbocycles. The number of hydrogen-bond donors (Lipinski definition) is 1. The van der Waals surface area contributed by atoms with Gasteiger partial charge in [-0.1, -0.05) is 0 Å². The van der Waals surface area contributed by atoms with Gasteiger partial charge in [0, 0.05) is 4.47 Å². The minimum Gasteiger partial charge on any atom is -0.495 e. The van der Waals surface area contributed by atoms with E-state index in [0.29, 0.717) is 8.95 Å². The van der Waals surface area contributed by atoms with Crippen LogP contribution >= 0.6 is 31.9 Å². The summed E-state index contributed by atoms with van der Waals surface area (Å²) in [7, 11) is -2.42. The molecule has 4 nitrogen and oxygen atoms in total. The number of methoxy groups -OCH3 is 1. The molecule has 1 aromatic rings. The molecule has 2 N–H and O–H groups in total. The fourth-order valence-electron chi connectivity index (χ4n) is 0.940. The van der Waals surface area contributed by atoms with Crippen molar-refractivity contribution in [2.24, 2.45) is 5.14 Å². The summed E-state index contributed by atoms with van der Waals surface area (Å²) in [6.45, 7) is 0. The Labute approximate surface area is 98.7 Å². The van der Waals surface area contributed by atoms with E-state index in [1.54, 1.807) is 6.07 Å². The van der Waals surface area contributed by atoms with E-state index in [-0.39, 0.29) is 10.6 Å². The van der Waals surface area contributed by atoms with Crippen LogP contribution in [0.15, 0.2) is 26.0 Å². The molecule has 0 unspecified atom stereocenters. The largest absolute Gasteiger partial charge is 0.495 e. The third kappa shape index (κ3) is 2.28. The Balaban J connectivity index is 3.60. The molecule has 0 aliphatic heterocycles. The number of ether oxygens (including phenoxy) is 1. The molecule has 0 aliphatic rings. The molecule has 0 saturated heterocycles. The number of hydrogen-bond acceptors (Lipinski definition) is 3.